The van der Waals surface area contributed by atoms with Crippen LogP contribution >= 0.6 is 0 Å². The Bertz CT molecular complexity index is 597. The largest absolute Gasteiger partial charge is 0.324 e. The SMILES string of the molecule is Cc1nccn1-c1ccc(NC(=O)C2CCCC2)cn1. The van der Waals surface area contributed by atoms with Crippen molar-refractivity contribution < 1.29 is 4.79 Å². The molecule has 1 amide bonds. The zero-order valence-corrected chi connectivity index (χ0v) is 11.5. The van der Waals surface area contributed by atoms with Gasteiger partial charge in [-0.25, -0.2) is 9.97 Å². The lowest BCUT2D eigenvalue weighted by Gasteiger charge is -2.10. The number of pyridine rings is 1. The highest BCUT2D eigenvalue weighted by molar-refractivity contribution is 5.92. The molecule has 5 heteroatoms. The lowest BCUT2D eigenvalue weighted by molar-refractivity contribution is -0.119. The smallest absolute Gasteiger partial charge is 0.227 e. The van der Waals surface area contributed by atoms with Crippen LogP contribution < -0.4 is 5.32 Å². The maximum Gasteiger partial charge on any atom is 0.227 e. The summed E-state index contributed by atoms with van der Waals surface area (Å²) in [7, 11) is 0. The van der Waals surface area contributed by atoms with Crippen molar-refractivity contribution in [1.29, 1.82) is 0 Å². The molecule has 20 heavy (non-hydrogen) atoms. The predicted molar refractivity (Wildman–Crippen MR) is 76.7 cm³/mol. The molecule has 2 aromatic rings. The van der Waals surface area contributed by atoms with Gasteiger partial charge < -0.3 is 5.32 Å². The molecule has 0 saturated heterocycles. The van der Waals surface area contributed by atoms with Crippen molar-refractivity contribution in [3.8, 4) is 5.82 Å². The number of aromatic nitrogens is 3. The molecule has 0 spiro atoms. The average molecular weight is 270 g/mol. The quantitative estimate of drug-likeness (QED) is 0.932. The van der Waals surface area contributed by atoms with Crippen LogP contribution in [0.1, 0.15) is 31.5 Å². The number of carbonyl (C=O) groups is 1. The molecule has 0 bridgehead atoms. The van der Waals surface area contributed by atoms with E-state index in [4.69, 9.17) is 0 Å². The van der Waals surface area contributed by atoms with Crippen LogP contribution in [0.25, 0.3) is 5.82 Å². The van der Waals surface area contributed by atoms with Crippen molar-refractivity contribution in [3.63, 3.8) is 0 Å². The number of nitrogens with one attached hydrogen (secondary N) is 1. The van der Waals surface area contributed by atoms with Crippen LogP contribution in [0.4, 0.5) is 5.69 Å². The monoisotopic (exact) mass is 270 g/mol. The number of hydrogen-bond donors (Lipinski definition) is 1. The fraction of sp³-hybridized carbons (Fsp3) is 0.400. The van der Waals surface area contributed by atoms with Crippen LogP contribution in [0.3, 0.4) is 0 Å². The van der Waals surface area contributed by atoms with Gasteiger partial charge in [0.25, 0.3) is 0 Å². The number of aryl methyl sites for hydroxylation is 1. The normalized spacial score (nSPS) is 15.4. The summed E-state index contributed by atoms with van der Waals surface area (Å²) in [5.74, 6) is 1.99. The summed E-state index contributed by atoms with van der Waals surface area (Å²) >= 11 is 0. The zero-order chi connectivity index (χ0) is 13.9. The molecule has 1 N–H and O–H groups in total. The Morgan fingerprint density at radius 3 is 2.70 bits per heavy atom. The highest BCUT2D eigenvalue weighted by Gasteiger charge is 2.22. The molecule has 0 aromatic carbocycles. The van der Waals surface area contributed by atoms with Crippen molar-refractivity contribution in [3.05, 3.63) is 36.5 Å². The molecule has 104 valence electrons. The summed E-state index contributed by atoms with van der Waals surface area (Å²) in [5, 5.41) is 2.94. The lowest BCUT2D eigenvalue weighted by atomic mass is 10.1. The van der Waals surface area contributed by atoms with Crippen LogP contribution in [0.15, 0.2) is 30.7 Å². The molecule has 1 saturated carbocycles. The molecule has 1 fully saturated rings. The molecule has 0 atom stereocenters. The van der Waals surface area contributed by atoms with Gasteiger partial charge in [-0.05, 0) is 31.9 Å². The van der Waals surface area contributed by atoms with Gasteiger partial charge in [0.15, 0.2) is 0 Å². The van der Waals surface area contributed by atoms with Crippen LogP contribution in [-0.4, -0.2) is 20.4 Å². The lowest BCUT2D eigenvalue weighted by Crippen LogP contribution is -2.20. The van der Waals surface area contributed by atoms with E-state index in [1.807, 2.05) is 29.8 Å². The van der Waals surface area contributed by atoms with Gasteiger partial charge in [-0.15, -0.1) is 0 Å². The Balaban J connectivity index is 1.70. The molecule has 1 aliphatic carbocycles. The Kier molecular flexibility index (Phi) is 3.50. The maximum absolute atomic E-state index is 12.0. The molecule has 0 radical (unpaired) electrons. The second-order valence-corrected chi connectivity index (χ2v) is 5.22. The van der Waals surface area contributed by atoms with Crippen molar-refractivity contribution in [1.82, 2.24) is 14.5 Å². The van der Waals surface area contributed by atoms with Crippen molar-refractivity contribution >= 4 is 11.6 Å². The standard InChI is InChI=1S/C15H18N4O/c1-11-16-8-9-19(11)14-7-6-13(10-17-14)18-15(20)12-4-2-3-5-12/h6-10,12H,2-5H2,1H3,(H,18,20). The van der Waals surface area contributed by atoms with E-state index >= 15 is 0 Å². The van der Waals surface area contributed by atoms with Crippen molar-refractivity contribution in [2.75, 3.05) is 5.32 Å². The van der Waals surface area contributed by atoms with E-state index in [1.54, 1.807) is 12.4 Å². The van der Waals surface area contributed by atoms with Gasteiger partial charge in [0.1, 0.15) is 11.6 Å². The van der Waals surface area contributed by atoms with Crippen LogP contribution in [0.2, 0.25) is 0 Å². The molecule has 2 aromatic heterocycles. The van der Waals surface area contributed by atoms with Gasteiger partial charge >= 0.3 is 0 Å². The van der Waals surface area contributed by atoms with E-state index in [-0.39, 0.29) is 11.8 Å². The highest BCUT2D eigenvalue weighted by atomic mass is 16.1. The number of amides is 1. The van der Waals surface area contributed by atoms with Crippen LogP contribution in [0, 0.1) is 12.8 Å². The molecule has 3 rings (SSSR count). The second kappa shape index (κ2) is 5.45. The first kappa shape index (κ1) is 12.8. The van der Waals surface area contributed by atoms with E-state index in [0.717, 1.165) is 43.0 Å². The Labute approximate surface area is 118 Å². The first-order valence-electron chi connectivity index (χ1n) is 7.01. The minimum Gasteiger partial charge on any atom is -0.324 e. The average Bonchev–Trinajstić information content (AvgIpc) is 3.11. The topological polar surface area (TPSA) is 59.8 Å². The maximum atomic E-state index is 12.0. The number of anilines is 1. The summed E-state index contributed by atoms with van der Waals surface area (Å²) in [5.41, 5.74) is 0.753. The molecular formula is C15H18N4O. The molecule has 0 aliphatic heterocycles. The molecule has 1 aliphatic rings. The third-order valence-corrected chi connectivity index (χ3v) is 3.81. The minimum atomic E-state index is 0.121. The fourth-order valence-electron chi connectivity index (χ4n) is 2.65. The van der Waals surface area contributed by atoms with Crippen molar-refractivity contribution in [2.45, 2.75) is 32.6 Å². The third kappa shape index (κ3) is 2.57. The summed E-state index contributed by atoms with van der Waals surface area (Å²) in [4.78, 5) is 20.6. The fourth-order valence-corrected chi connectivity index (χ4v) is 2.65. The van der Waals surface area contributed by atoms with Crippen molar-refractivity contribution in [2.24, 2.45) is 5.92 Å². The van der Waals surface area contributed by atoms with E-state index < -0.39 is 0 Å². The van der Waals surface area contributed by atoms with Gasteiger partial charge in [0.05, 0.1) is 11.9 Å². The van der Waals surface area contributed by atoms with E-state index in [1.165, 1.54) is 0 Å². The Morgan fingerprint density at radius 1 is 1.30 bits per heavy atom. The molecule has 2 heterocycles. The van der Waals surface area contributed by atoms with E-state index in [2.05, 4.69) is 15.3 Å². The summed E-state index contributed by atoms with van der Waals surface area (Å²) in [6.07, 6.45) is 9.64. The van der Waals surface area contributed by atoms with Gasteiger partial charge in [-0.2, -0.15) is 0 Å². The predicted octanol–water partition coefficient (Wildman–Crippen LogP) is 2.70. The first-order chi connectivity index (χ1) is 9.74. The molecule has 5 nitrogen and oxygen atoms in total. The van der Waals surface area contributed by atoms with E-state index in [9.17, 15) is 4.79 Å². The van der Waals surface area contributed by atoms with Gasteiger partial charge in [-0.3, -0.25) is 9.36 Å². The van der Waals surface area contributed by atoms with Crippen LogP contribution in [-0.2, 0) is 4.79 Å². The Morgan fingerprint density at radius 2 is 2.10 bits per heavy atom. The highest BCUT2D eigenvalue weighted by Crippen LogP contribution is 2.26. The number of rotatable bonds is 3. The van der Waals surface area contributed by atoms with Gasteiger partial charge in [-0.1, -0.05) is 12.8 Å². The number of hydrogen-bond acceptors (Lipinski definition) is 3. The Hall–Kier alpha value is -2.17. The third-order valence-electron chi connectivity index (χ3n) is 3.81. The summed E-state index contributed by atoms with van der Waals surface area (Å²) < 4.78 is 1.91. The number of imidazole rings is 1. The number of nitrogens with zero attached hydrogens (tertiary/aromatic N) is 3. The second-order valence-electron chi connectivity index (χ2n) is 5.22. The van der Waals surface area contributed by atoms with E-state index in [0.29, 0.717) is 0 Å². The van der Waals surface area contributed by atoms with Gasteiger partial charge in [0, 0.05) is 18.3 Å². The molecule has 0 unspecified atom stereocenters. The molecular weight excluding hydrogens is 252 g/mol. The van der Waals surface area contributed by atoms with Crippen LogP contribution in [0.5, 0.6) is 0 Å². The summed E-state index contributed by atoms with van der Waals surface area (Å²) in [6, 6.07) is 3.77. The first-order valence-corrected chi connectivity index (χ1v) is 7.01. The van der Waals surface area contributed by atoms with Gasteiger partial charge in [0.2, 0.25) is 5.91 Å². The number of carbonyl (C=O) groups excluding carboxylic acids is 1. The summed E-state index contributed by atoms with van der Waals surface area (Å²) in [6.45, 7) is 1.93. The minimum absolute atomic E-state index is 0.121. The zero-order valence-electron chi connectivity index (χ0n) is 11.5.